The maximum Gasteiger partial charge on any atom is 0.0681 e. The summed E-state index contributed by atoms with van der Waals surface area (Å²) in [4.78, 5) is 4.30. The van der Waals surface area contributed by atoms with E-state index < -0.39 is 0 Å². The van der Waals surface area contributed by atoms with Gasteiger partial charge in [-0.25, -0.2) is 0 Å². The van der Waals surface area contributed by atoms with E-state index in [1.54, 1.807) is 0 Å². The zero-order chi connectivity index (χ0) is 9.68. The van der Waals surface area contributed by atoms with Crippen molar-refractivity contribution in [3.05, 3.63) is 35.4 Å². The molecule has 0 atom stereocenters. The molecule has 1 aromatic carbocycles. The van der Waals surface area contributed by atoms with Gasteiger partial charge in [0, 0.05) is 5.71 Å². The Morgan fingerprint density at radius 1 is 1.15 bits per heavy atom. The molecule has 0 aliphatic rings. The third-order valence-electron chi connectivity index (χ3n) is 1.78. The van der Waals surface area contributed by atoms with E-state index in [0.717, 1.165) is 17.8 Å². The van der Waals surface area contributed by atoms with Crippen LogP contribution in [-0.2, 0) is 13.2 Å². The van der Waals surface area contributed by atoms with Crippen LogP contribution in [0.2, 0.25) is 0 Å². The summed E-state index contributed by atoms with van der Waals surface area (Å²) in [6.07, 6.45) is 0. The summed E-state index contributed by atoms with van der Waals surface area (Å²) in [5.74, 6) is 0. The Morgan fingerprint density at radius 2 is 1.69 bits per heavy atom. The molecule has 13 heavy (non-hydrogen) atoms. The fourth-order valence-corrected chi connectivity index (χ4v) is 0.999. The summed E-state index contributed by atoms with van der Waals surface area (Å²) >= 11 is 0. The Morgan fingerprint density at radius 3 is 2.15 bits per heavy atom. The highest BCUT2D eigenvalue weighted by molar-refractivity contribution is 5.79. The van der Waals surface area contributed by atoms with Gasteiger partial charge in [-0.1, -0.05) is 24.3 Å². The molecule has 1 rings (SSSR count). The van der Waals surface area contributed by atoms with E-state index >= 15 is 0 Å². The minimum Gasteiger partial charge on any atom is -0.392 e. The molecule has 0 saturated carbocycles. The molecule has 0 heterocycles. The molecule has 0 amide bonds. The molecule has 0 aliphatic heterocycles. The quantitative estimate of drug-likeness (QED) is 0.705. The van der Waals surface area contributed by atoms with Crippen LogP contribution in [-0.4, -0.2) is 10.8 Å². The average molecular weight is 177 g/mol. The molecule has 0 spiro atoms. The van der Waals surface area contributed by atoms with Gasteiger partial charge in [-0.3, -0.25) is 4.99 Å². The summed E-state index contributed by atoms with van der Waals surface area (Å²) in [6.45, 7) is 4.81. The van der Waals surface area contributed by atoms with Crippen molar-refractivity contribution >= 4 is 5.71 Å². The van der Waals surface area contributed by atoms with Gasteiger partial charge in [-0.2, -0.15) is 0 Å². The van der Waals surface area contributed by atoms with Crippen molar-refractivity contribution in [3.63, 3.8) is 0 Å². The highest BCUT2D eigenvalue weighted by Crippen LogP contribution is 2.05. The first-order valence-corrected chi connectivity index (χ1v) is 4.38. The minimum atomic E-state index is 0.107. The van der Waals surface area contributed by atoms with Crippen molar-refractivity contribution in [2.45, 2.75) is 27.0 Å². The molecule has 0 radical (unpaired) electrons. The normalized spacial score (nSPS) is 9.77. The van der Waals surface area contributed by atoms with Gasteiger partial charge in [-0.15, -0.1) is 0 Å². The molecule has 0 aromatic heterocycles. The Kier molecular flexibility index (Phi) is 3.65. The second-order valence-electron chi connectivity index (χ2n) is 3.24. The van der Waals surface area contributed by atoms with Crippen LogP contribution in [0.4, 0.5) is 0 Å². The number of hydrogen-bond donors (Lipinski definition) is 1. The summed E-state index contributed by atoms with van der Waals surface area (Å²) in [5, 5.41) is 8.82. The molecule has 0 unspecified atom stereocenters. The van der Waals surface area contributed by atoms with Gasteiger partial charge < -0.3 is 5.11 Å². The van der Waals surface area contributed by atoms with Crippen LogP contribution < -0.4 is 0 Å². The standard InChI is InChI=1S/C11H15NO/c1-9(2)12-7-10-3-5-11(8-13)6-4-10/h3-6,13H,7-8H2,1-2H3. The van der Waals surface area contributed by atoms with Gasteiger partial charge in [0.25, 0.3) is 0 Å². The molecule has 0 bridgehead atoms. The molecular formula is C11H15NO. The molecule has 1 N–H and O–H groups in total. The molecule has 0 fully saturated rings. The summed E-state index contributed by atoms with van der Waals surface area (Å²) in [7, 11) is 0. The molecule has 70 valence electrons. The largest absolute Gasteiger partial charge is 0.392 e. The Hall–Kier alpha value is -1.15. The SMILES string of the molecule is CC(C)=NCc1ccc(CO)cc1. The molecule has 0 saturated heterocycles. The first-order valence-electron chi connectivity index (χ1n) is 4.38. The number of nitrogens with zero attached hydrogens (tertiary/aromatic N) is 1. The lowest BCUT2D eigenvalue weighted by Gasteiger charge is -1.99. The van der Waals surface area contributed by atoms with Crippen LogP contribution in [0.3, 0.4) is 0 Å². The number of benzene rings is 1. The van der Waals surface area contributed by atoms with Crippen LogP contribution in [0.1, 0.15) is 25.0 Å². The highest BCUT2D eigenvalue weighted by Gasteiger charge is 1.91. The van der Waals surface area contributed by atoms with E-state index in [0.29, 0.717) is 0 Å². The van der Waals surface area contributed by atoms with Crippen molar-refractivity contribution in [1.82, 2.24) is 0 Å². The zero-order valence-electron chi connectivity index (χ0n) is 8.12. The van der Waals surface area contributed by atoms with Gasteiger partial charge >= 0.3 is 0 Å². The molecular weight excluding hydrogens is 162 g/mol. The number of aliphatic hydroxyl groups is 1. The Balaban J connectivity index is 2.64. The predicted molar refractivity (Wildman–Crippen MR) is 54.9 cm³/mol. The number of aliphatic hydroxyl groups excluding tert-OH is 1. The van der Waals surface area contributed by atoms with Crippen LogP contribution in [0.15, 0.2) is 29.3 Å². The number of hydrogen-bond acceptors (Lipinski definition) is 2. The topological polar surface area (TPSA) is 32.6 Å². The van der Waals surface area contributed by atoms with Crippen molar-refractivity contribution < 1.29 is 5.11 Å². The third kappa shape index (κ3) is 3.38. The first kappa shape index (κ1) is 9.93. The van der Waals surface area contributed by atoms with Crippen molar-refractivity contribution in [1.29, 1.82) is 0 Å². The zero-order valence-corrected chi connectivity index (χ0v) is 8.12. The lowest BCUT2D eigenvalue weighted by molar-refractivity contribution is 0.282. The lowest BCUT2D eigenvalue weighted by atomic mass is 10.1. The predicted octanol–water partition coefficient (Wildman–Crippen LogP) is 2.16. The smallest absolute Gasteiger partial charge is 0.0681 e. The van der Waals surface area contributed by atoms with Crippen LogP contribution in [0, 0.1) is 0 Å². The van der Waals surface area contributed by atoms with Crippen LogP contribution >= 0.6 is 0 Å². The summed E-state index contributed by atoms with van der Waals surface area (Å²) in [5.41, 5.74) is 3.21. The molecule has 0 aliphatic carbocycles. The van der Waals surface area contributed by atoms with E-state index in [2.05, 4.69) is 4.99 Å². The van der Waals surface area contributed by atoms with Crippen molar-refractivity contribution in [3.8, 4) is 0 Å². The Bertz CT molecular complexity index is 283. The lowest BCUT2D eigenvalue weighted by Crippen LogP contribution is -1.88. The monoisotopic (exact) mass is 177 g/mol. The Labute approximate surface area is 78.9 Å². The van der Waals surface area contributed by atoms with Crippen molar-refractivity contribution in [2.75, 3.05) is 0 Å². The van der Waals surface area contributed by atoms with Gasteiger partial charge in [0.15, 0.2) is 0 Å². The molecule has 2 nitrogen and oxygen atoms in total. The number of rotatable bonds is 3. The maximum absolute atomic E-state index is 8.82. The molecule has 2 heteroatoms. The van der Waals surface area contributed by atoms with E-state index in [9.17, 15) is 0 Å². The van der Waals surface area contributed by atoms with E-state index in [1.807, 2.05) is 38.1 Å². The number of aliphatic imine (C=N–C) groups is 1. The van der Waals surface area contributed by atoms with Gasteiger partial charge in [0.05, 0.1) is 13.2 Å². The van der Waals surface area contributed by atoms with Gasteiger partial charge in [0.1, 0.15) is 0 Å². The molecule has 1 aromatic rings. The second-order valence-corrected chi connectivity index (χ2v) is 3.24. The highest BCUT2D eigenvalue weighted by atomic mass is 16.3. The second kappa shape index (κ2) is 4.77. The maximum atomic E-state index is 8.82. The van der Waals surface area contributed by atoms with E-state index in [4.69, 9.17) is 5.11 Å². The summed E-state index contributed by atoms with van der Waals surface area (Å²) in [6, 6.07) is 7.85. The fraction of sp³-hybridized carbons (Fsp3) is 0.364. The van der Waals surface area contributed by atoms with Gasteiger partial charge in [0.2, 0.25) is 0 Å². The van der Waals surface area contributed by atoms with Crippen LogP contribution in [0.5, 0.6) is 0 Å². The minimum absolute atomic E-state index is 0.107. The fourth-order valence-electron chi connectivity index (χ4n) is 0.999. The van der Waals surface area contributed by atoms with Crippen molar-refractivity contribution in [2.24, 2.45) is 4.99 Å². The van der Waals surface area contributed by atoms with Gasteiger partial charge in [-0.05, 0) is 25.0 Å². The van der Waals surface area contributed by atoms with E-state index in [1.165, 1.54) is 5.56 Å². The first-order chi connectivity index (χ1) is 6.22. The van der Waals surface area contributed by atoms with E-state index in [-0.39, 0.29) is 6.61 Å². The van der Waals surface area contributed by atoms with Crippen LogP contribution in [0.25, 0.3) is 0 Å². The average Bonchev–Trinajstić information content (AvgIpc) is 2.15. The summed E-state index contributed by atoms with van der Waals surface area (Å²) < 4.78 is 0. The third-order valence-corrected chi connectivity index (χ3v) is 1.78.